The van der Waals surface area contributed by atoms with E-state index in [-0.39, 0.29) is 12.3 Å². The van der Waals surface area contributed by atoms with E-state index >= 15 is 0 Å². The van der Waals surface area contributed by atoms with Gasteiger partial charge < -0.3 is 5.11 Å². The molecule has 0 spiro atoms. The van der Waals surface area contributed by atoms with E-state index in [4.69, 9.17) is 5.11 Å². The lowest BCUT2D eigenvalue weighted by molar-refractivity contribution is 0.0759. The summed E-state index contributed by atoms with van der Waals surface area (Å²) in [6.45, 7) is 6.88. The van der Waals surface area contributed by atoms with Crippen molar-refractivity contribution in [1.82, 2.24) is 14.7 Å². The summed E-state index contributed by atoms with van der Waals surface area (Å²) in [6, 6.07) is 1.66. The molecule has 18 heavy (non-hydrogen) atoms. The van der Waals surface area contributed by atoms with E-state index < -0.39 is 11.6 Å². The van der Waals surface area contributed by atoms with Crippen molar-refractivity contribution in [3.05, 3.63) is 17.5 Å². The van der Waals surface area contributed by atoms with Crippen LogP contribution in [0, 0.1) is 6.92 Å². The second kappa shape index (κ2) is 4.80. The smallest absolute Gasteiger partial charge is 0.408 e. The fourth-order valence-corrected chi connectivity index (χ4v) is 1.69. The lowest BCUT2D eigenvalue weighted by atomic mass is 10.1. The maximum Gasteiger partial charge on any atom is 0.408 e. The molecule has 1 aromatic rings. The van der Waals surface area contributed by atoms with Gasteiger partial charge in [0.05, 0.1) is 12.2 Å². The van der Waals surface area contributed by atoms with Gasteiger partial charge in [0.15, 0.2) is 5.78 Å². The Balaban J connectivity index is 2.93. The first kappa shape index (κ1) is 14.2. The molecule has 0 aliphatic heterocycles. The zero-order valence-electron chi connectivity index (χ0n) is 11.4. The van der Waals surface area contributed by atoms with Crippen LogP contribution in [-0.2, 0) is 7.05 Å². The van der Waals surface area contributed by atoms with Gasteiger partial charge in [0.1, 0.15) is 5.69 Å². The zero-order chi connectivity index (χ0) is 14.1. The molecule has 0 aromatic carbocycles. The fourth-order valence-electron chi connectivity index (χ4n) is 1.69. The van der Waals surface area contributed by atoms with E-state index in [9.17, 15) is 9.59 Å². The quantitative estimate of drug-likeness (QED) is 0.832. The van der Waals surface area contributed by atoms with Crippen LogP contribution in [0.2, 0.25) is 0 Å². The van der Waals surface area contributed by atoms with Crippen LogP contribution in [0.3, 0.4) is 0 Å². The van der Waals surface area contributed by atoms with Gasteiger partial charge in [-0.15, -0.1) is 0 Å². The van der Waals surface area contributed by atoms with Gasteiger partial charge in [0.25, 0.3) is 0 Å². The van der Waals surface area contributed by atoms with Gasteiger partial charge in [0.2, 0.25) is 0 Å². The predicted molar refractivity (Wildman–Crippen MR) is 66.8 cm³/mol. The third kappa shape index (κ3) is 3.09. The number of carboxylic acid groups (broad SMARTS) is 1. The van der Waals surface area contributed by atoms with Crippen LogP contribution >= 0.6 is 0 Å². The van der Waals surface area contributed by atoms with Gasteiger partial charge >= 0.3 is 6.09 Å². The number of hydrogen-bond acceptors (Lipinski definition) is 3. The van der Waals surface area contributed by atoms with E-state index in [0.29, 0.717) is 5.69 Å². The molecule has 1 N–H and O–H groups in total. The monoisotopic (exact) mass is 253 g/mol. The molecule has 0 bridgehead atoms. The van der Waals surface area contributed by atoms with Crippen LogP contribution in [0.1, 0.15) is 37.0 Å². The molecule has 100 valence electrons. The van der Waals surface area contributed by atoms with Gasteiger partial charge in [-0.3, -0.25) is 14.4 Å². The number of rotatable bonds is 3. The first-order valence-electron chi connectivity index (χ1n) is 5.67. The number of ketones is 1. The maximum atomic E-state index is 12.1. The van der Waals surface area contributed by atoms with Gasteiger partial charge in [0, 0.05) is 12.6 Å². The van der Waals surface area contributed by atoms with E-state index in [1.54, 1.807) is 40.8 Å². The van der Waals surface area contributed by atoms with Crippen LogP contribution in [0.25, 0.3) is 0 Å². The van der Waals surface area contributed by atoms with Gasteiger partial charge in [-0.1, -0.05) is 0 Å². The highest BCUT2D eigenvalue weighted by atomic mass is 16.4. The number of carbonyl (C=O) groups is 2. The van der Waals surface area contributed by atoms with Crippen molar-refractivity contribution in [1.29, 1.82) is 0 Å². The van der Waals surface area contributed by atoms with Crippen molar-refractivity contribution in [3.8, 4) is 0 Å². The molecule has 1 amide bonds. The second-order valence-corrected chi connectivity index (χ2v) is 5.26. The summed E-state index contributed by atoms with van der Waals surface area (Å²) in [7, 11) is 1.67. The van der Waals surface area contributed by atoms with Crippen molar-refractivity contribution in [2.75, 3.05) is 6.54 Å². The molecule has 0 aliphatic rings. The number of hydrogen-bond donors (Lipinski definition) is 1. The molecule has 6 nitrogen and oxygen atoms in total. The summed E-state index contributed by atoms with van der Waals surface area (Å²) in [4.78, 5) is 24.4. The number of aromatic nitrogens is 2. The minimum atomic E-state index is -1.10. The van der Waals surface area contributed by atoms with Crippen LogP contribution in [0.4, 0.5) is 4.79 Å². The summed E-state index contributed by atoms with van der Waals surface area (Å²) < 4.78 is 1.47. The Hall–Kier alpha value is -1.85. The molecular weight excluding hydrogens is 234 g/mol. The van der Waals surface area contributed by atoms with Crippen molar-refractivity contribution in [3.63, 3.8) is 0 Å². The number of Topliss-reactive ketones (excluding diaryl/α,β-unsaturated/α-hetero) is 1. The molecule has 0 fully saturated rings. The predicted octanol–water partition coefficient (Wildman–Crippen LogP) is 1.69. The lowest BCUT2D eigenvalue weighted by Gasteiger charge is -2.32. The summed E-state index contributed by atoms with van der Waals surface area (Å²) in [5.41, 5.74) is 0.538. The van der Waals surface area contributed by atoms with Crippen LogP contribution in [0.5, 0.6) is 0 Å². The Morgan fingerprint density at radius 3 is 2.33 bits per heavy atom. The third-order valence-electron chi connectivity index (χ3n) is 2.63. The molecule has 6 heteroatoms. The first-order chi connectivity index (χ1) is 8.12. The van der Waals surface area contributed by atoms with E-state index in [1.165, 1.54) is 4.68 Å². The maximum absolute atomic E-state index is 12.1. The standard InChI is InChI=1S/C12H19N3O3/c1-8-6-9(14(5)13-8)10(16)7-15(11(17)18)12(2,3)4/h6H,7H2,1-5H3,(H,17,18). The molecule has 0 unspecified atom stereocenters. The summed E-state index contributed by atoms with van der Waals surface area (Å²) in [5, 5.41) is 13.2. The average molecular weight is 253 g/mol. The molecule has 1 heterocycles. The largest absolute Gasteiger partial charge is 0.465 e. The molecule has 0 saturated heterocycles. The normalized spacial score (nSPS) is 11.4. The number of amides is 1. The Morgan fingerprint density at radius 2 is 2.00 bits per heavy atom. The van der Waals surface area contributed by atoms with Crippen molar-refractivity contribution in [2.24, 2.45) is 7.05 Å². The molecular formula is C12H19N3O3. The highest BCUT2D eigenvalue weighted by molar-refractivity contribution is 5.97. The van der Waals surface area contributed by atoms with E-state index in [2.05, 4.69) is 5.10 Å². The summed E-state index contributed by atoms with van der Waals surface area (Å²) in [6.07, 6.45) is -1.10. The number of aryl methyl sites for hydroxylation is 2. The van der Waals surface area contributed by atoms with Crippen molar-refractivity contribution < 1.29 is 14.7 Å². The number of nitrogens with zero attached hydrogens (tertiary/aromatic N) is 3. The lowest BCUT2D eigenvalue weighted by Crippen LogP contribution is -2.47. The highest BCUT2D eigenvalue weighted by Crippen LogP contribution is 2.15. The number of carbonyl (C=O) groups excluding carboxylic acids is 1. The van der Waals surface area contributed by atoms with Gasteiger partial charge in [-0.2, -0.15) is 5.10 Å². The highest BCUT2D eigenvalue weighted by Gasteiger charge is 2.29. The molecule has 0 atom stereocenters. The first-order valence-corrected chi connectivity index (χ1v) is 5.67. The minimum Gasteiger partial charge on any atom is -0.465 e. The average Bonchev–Trinajstić information content (AvgIpc) is 2.51. The van der Waals surface area contributed by atoms with E-state index in [1.807, 2.05) is 0 Å². The SMILES string of the molecule is Cc1cc(C(=O)CN(C(=O)O)C(C)(C)C)n(C)n1. The zero-order valence-corrected chi connectivity index (χ0v) is 11.4. The Labute approximate surface area is 106 Å². The molecule has 0 aliphatic carbocycles. The summed E-state index contributed by atoms with van der Waals surface area (Å²) >= 11 is 0. The molecule has 1 aromatic heterocycles. The van der Waals surface area contributed by atoms with Gasteiger partial charge in [-0.25, -0.2) is 4.79 Å². The Bertz CT molecular complexity index is 471. The summed E-state index contributed by atoms with van der Waals surface area (Å²) in [5.74, 6) is -0.254. The minimum absolute atomic E-state index is 0.169. The Morgan fingerprint density at radius 1 is 1.44 bits per heavy atom. The van der Waals surface area contributed by atoms with Crippen molar-refractivity contribution in [2.45, 2.75) is 33.2 Å². The fraction of sp³-hybridized carbons (Fsp3) is 0.583. The van der Waals surface area contributed by atoms with Crippen LogP contribution in [0.15, 0.2) is 6.07 Å². The van der Waals surface area contributed by atoms with E-state index in [0.717, 1.165) is 10.6 Å². The van der Waals surface area contributed by atoms with Crippen LogP contribution in [-0.4, -0.2) is 43.7 Å². The third-order valence-corrected chi connectivity index (χ3v) is 2.63. The van der Waals surface area contributed by atoms with Crippen LogP contribution < -0.4 is 0 Å². The topological polar surface area (TPSA) is 75.4 Å². The molecule has 1 rings (SSSR count). The second-order valence-electron chi connectivity index (χ2n) is 5.26. The Kier molecular flexibility index (Phi) is 3.79. The van der Waals surface area contributed by atoms with Crippen molar-refractivity contribution >= 4 is 11.9 Å². The van der Waals surface area contributed by atoms with Gasteiger partial charge in [-0.05, 0) is 33.8 Å². The molecule has 0 radical (unpaired) electrons. The molecule has 0 saturated carbocycles.